The third-order valence-electron chi connectivity index (χ3n) is 6.27. The van der Waals surface area contributed by atoms with Crippen molar-refractivity contribution in [1.82, 2.24) is 0 Å². The summed E-state index contributed by atoms with van der Waals surface area (Å²) >= 11 is 0. The van der Waals surface area contributed by atoms with Gasteiger partial charge in [0.2, 0.25) is 5.78 Å². The molecule has 0 radical (unpaired) electrons. The summed E-state index contributed by atoms with van der Waals surface area (Å²) in [5, 5.41) is 21.0. The molecule has 0 aliphatic carbocycles. The second-order valence-electron chi connectivity index (χ2n) is 8.94. The number of aromatic hydroxyl groups is 2. The van der Waals surface area contributed by atoms with Crippen LogP contribution in [0.25, 0.3) is 0 Å². The van der Waals surface area contributed by atoms with Gasteiger partial charge in [0.1, 0.15) is 38.5 Å². The Morgan fingerprint density at radius 2 is 1.16 bits per heavy atom. The van der Waals surface area contributed by atoms with Crippen molar-refractivity contribution in [3.8, 4) is 34.5 Å². The van der Waals surface area contributed by atoms with Crippen molar-refractivity contribution in [2.45, 2.75) is 9.79 Å². The normalized spacial score (nSPS) is 11.5. The lowest BCUT2D eigenvalue weighted by molar-refractivity contribution is 0.102. The number of benzene rings is 4. The van der Waals surface area contributed by atoms with Gasteiger partial charge in [0.25, 0.3) is 10.1 Å². The van der Waals surface area contributed by atoms with Crippen molar-refractivity contribution in [1.29, 1.82) is 0 Å². The summed E-state index contributed by atoms with van der Waals surface area (Å²) < 4.78 is 81.1. The highest BCUT2D eigenvalue weighted by Gasteiger charge is 2.30. The summed E-state index contributed by atoms with van der Waals surface area (Å²) in [6, 6.07) is 14.4. The molecule has 0 aromatic heterocycles. The summed E-state index contributed by atoms with van der Waals surface area (Å²) in [5.41, 5.74) is -1.36. The standard InChI is InChI=1S/C29H24O13S2/c1-39-17-9-10-18(29(33)20-12-26(43(34,35)36)24(40-2)14-22(20)31)23(11-17)42-44(37,38)27-13-19(21(30)15-25(27)41-3)28(32)16-7-5-4-6-8-16/h4-15,30-31H,1-3H3,(H,34,35,36). The second kappa shape index (κ2) is 12.2. The fourth-order valence-electron chi connectivity index (χ4n) is 4.12. The van der Waals surface area contributed by atoms with Gasteiger partial charge in [-0.15, -0.1) is 0 Å². The molecule has 0 spiro atoms. The largest absolute Gasteiger partial charge is 0.507 e. The lowest BCUT2D eigenvalue weighted by Gasteiger charge is -2.16. The molecule has 0 aliphatic heterocycles. The maximum atomic E-state index is 13.6. The Labute approximate surface area is 251 Å². The Kier molecular flexibility index (Phi) is 8.85. The lowest BCUT2D eigenvalue weighted by atomic mass is 10.0. The van der Waals surface area contributed by atoms with E-state index in [2.05, 4.69) is 0 Å². The van der Waals surface area contributed by atoms with Gasteiger partial charge in [-0.2, -0.15) is 16.8 Å². The highest BCUT2D eigenvalue weighted by atomic mass is 32.2. The minimum atomic E-state index is -4.94. The van der Waals surface area contributed by atoms with Crippen molar-refractivity contribution in [3.63, 3.8) is 0 Å². The monoisotopic (exact) mass is 644 g/mol. The molecule has 0 amide bonds. The maximum absolute atomic E-state index is 13.6. The summed E-state index contributed by atoms with van der Waals surface area (Å²) in [4.78, 5) is 25.1. The first-order chi connectivity index (χ1) is 20.7. The molecule has 44 heavy (non-hydrogen) atoms. The second-order valence-corrected chi connectivity index (χ2v) is 11.8. The topological polar surface area (TPSA) is 200 Å². The molecule has 0 atom stereocenters. The van der Waals surface area contributed by atoms with Gasteiger partial charge in [0.15, 0.2) is 11.5 Å². The third-order valence-corrected chi connectivity index (χ3v) is 8.40. The van der Waals surface area contributed by atoms with E-state index in [-0.39, 0.29) is 16.9 Å². The molecule has 230 valence electrons. The average Bonchev–Trinajstić information content (AvgIpc) is 2.99. The minimum Gasteiger partial charge on any atom is -0.507 e. The van der Waals surface area contributed by atoms with Gasteiger partial charge >= 0.3 is 10.1 Å². The van der Waals surface area contributed by atoms with Crippen LogP contribution in [0.3, 0.4) is 0 Å². The van der Waals surface area contributed by atoms with Crippen molar-refractivity contribution in [2.24, 2.45) is 0 Å². The number of hydrogen-bond acceptors (Lipinski definition) is 12. The number of hydrogen-bond donors (Lipinski definition) is 3. The minimum absolute atomic E-state index is 0.0435. The van der Waals surface area contributed by atoms with E-state index in [0.717, 1.165) is 44.6 Å². The molecule has 0 saturated heterocycles. The average molecular weight is 645 g/mol. The molecule has 0 unspecified atom stereocenters. The number of phenols is 2. The van der Waals surface area contributed by atoms with E-state index >= 15 is 0 Å². The summed E-state index contributed by atoms with van der Waals surface area (Å²) in [6.07, 6.45) is 0. The Balaban J connectivity index is 1.85. The van der Waals surface area contributed by atoms with E-state index < -0.39 is 81.5 Å². The van der Waals surface area contributed by atoms with Crippen molar-refractivity contribution in [3.05, 3.63) is 95.1 Å². The Bertz CT molecular complexity index is 1990. The van der Waals surface area contributed by atoms with Gasteiger partial charge in [-0.1, -0.05) is 30.3 Å². The van der Waals surface area contributed by atoms with Gasteiger partial charge in [-0.25, -0.2) is 0 Å². The molecule has 0 heterocycles. The first-order valence-corrected chi connectivity index (χ1v) is 15.1. The number of carbonyl (C=O) groups excluding carboxylic acids is 2. The first-order valence-electron chi connectivity index (χ1n) is 12.3. The van der Waals surface area contributed by atoms with Crippen molar-refractivity contribution >= 4 is 31.8 Å². The predicted octanol–water partition coefficient (Wildman–Crippen LogP) is 3.60. The van der Waals surface area contributed by atoms with Crippen LogP contribution in [0.5, 0.6) is 34.5 Å². The van der Waals surface area contributed by atoms with E-state index in [0.29, 0.717) is 6.07 Å². The molecular formula is C29H24O13S2. The van der Waals surface area contributed by atoms with Gasteiger partial charge < -0.3 is 28.6 Å². The van der Waals surface area contributed by atoms with Crippen LogP contribution < -0.4 is 18.4 Å². The van der Waals surface area contributed by atoms with Crippen molar-refractivity contribution < 1.29 is 59.6 Å². The Morgan fingerprint density at radius 3 is 1.70 bits per heavy atom. The van der Waals surface area contributed by atoms with E-state index in [4.69, 9.17) is 18.4 Å². The van der Waals surface area contributed by atoms with Crippen LogP contribution in [0.1, 0.15) is 31.8 Å². The molecule has 4 aromatic carbocycles. The van der Waals surface area contributed by atoms with Gasteiger partial charge in [-0.3, -0.25) is 14.1 Å². The third kappa shape index (κ3) is 6.29. The van der Waals surface area contributed by atoms with Gasteiger partial charge in [0, 0.05) is 23.8 Å². The molecule has 3 N–H and O–H groups in total. The summed E-state index contributed by atoms with van der Waals surface area (Å²) in [7, 11) is -6.42. The smallest absolute Gasteiger partial charge is 0.342 e. The SMILES string of the molecule is COc1ccc(C(=O)c2cc(S(=O)(=O)O)c(OC)cc2O)c(OS(=O)(=O)c2cc(C(=O)c3ccccc3)c(O)cc2OC)c1. The quantitative estimate of drug-likeness (QED) is 0.122. The van der Waals surface area contributed by atoms with E-state index in [9.17, 15) is 41.2 Å². The van der Waals surface area contributed by atoms with Gasteiger partial charge in [0.05, 0.1) is 38.0 Å². The zero-order valence-electron chi connectivity index (χ0n) is 23.2. The number of methoxy groups -OCH3 is 3. The molecule has 15 heteroatoms. The lowest BCUT2D eigenvalue weighted by Crippen LogP contribution is -2.15. The van der Waals surface area contributed by atoms with Crippen LogP contribution in [0.15, 0.2) is 82.6 Å². The zero-order chi connectivity index (χ0) is 32.4. The molecule has 0 saturated carbocycles. The molecular weight excluding hydrogens is 620 g/mol. The Morgan fingerprint density at radius 1 is 0.614 bits per heavy atom. The summed E-state index contributed by atoms with van der Waals surface area (Å²) in [6.45, 7) is 0. The summed E-state index contributed by atoms with van der Waals surface area (Å²) in [5.74, 6) is -4.58. The number of phenolic OH excluding ortho intramolecular Hbond substituents is 2. The van der Waals surface area contributed by atoms with Crippen LogP contribution >= 0.6 is 0 Å². The van der Waals surface area contributed by atoms with Crippen LogP contribution in [0, 0.1) is 0 Å². The van der Waals surface area contributed by atoms with E-state index in [1.165, 1.54) is 25.3 Å². The van der Waals surface area contributed by atoms with E-state index in [1.807, 2.05) is 0 Å². The highest BCUT2D eigenvalue weighted by molar-refractivity contribution is 7.87. The fraction of sp³-hybridized carbons (Fsp3) is 0.103. The number of carbonyl (C=O) groups is 2. The Hall–Kier alpha value is -5.12. The molecule has 4 aromatic rings. The molecule has 0 bridgehead atoms. The van der Waals surface area contributed by atoms with Crippen LogP contribution in [-0.2, 0) is 20.2 Å². The number of ketones is 2. The number of rotatable bonds is 11. The molecule has 4 rings (SSSR count). The van der Waals surface area contributed by atoms with Crippen LogP contribution in [0.2, 0.25) is 0 Å². The predicted molar refractivity (Wildman–Crippen MR) is 153 cm³/mol. The molecule has 13 nitrogen and oxygen atoms in total. The van der Waals surface area contributed by atoms with Crippen molar-refractivity contribution in [2.75, 3.05) is 21.3 Å². The maximum Gasteiger partial charge on any atom is 0.342 e. The molecule has 0 aliphatic rings. The van der Waals surface area contributed by atoms with Crippen LogP contribution in [0.4, 0.5) is 0 Å². The van der Waals surface area contributed by atoms with Gasteiger partial charge in [-0.05, 0) is 24.3 Å². The fourth-order valence-corrected chi connectivity index (χ4v) is 5.90. The molecule has 0 fully saturated rings. The highest BCUT2D eigenvalue weighted by Crippen LogP contribution is 2.38. The zero-order valence-corrected chi connectivity index (χ0v) is 24.8. The first kappa shape index (κ1) is 31.8. The number of ether oxygens (including phenoxy) is 3. The van der Waals surface area contributed by atoms with E-state index in [1.54, 1.807) is 18.2 Å². The van der Waals surface area contributed by atoms with Crippen LogP contribution in [-0.4, -0.2) is 64.5 Å².